The lowest BCUT2D eigenvalue weighted by molar-refractivity contribution is -0.144. The van der Waals surface area contributed by atoms with Crippen molar-refractivity contribution in [3.63, 3.8) is 0 Å². The van der Waals surface area contributed by atoms with Crippen LogP contribution in [0.15, 0.2) is 91.0 Å². The molecule has 4 rings (SSSR count). The van der Waals surface area contributed by atoms with E-state index in [1.807, 2.05) is 0 Å². The second kappa shape index (κ2) is 9.78. The second-order valence-electron chi connectivity index (χ2n) is 7.06. The maximum atomic E-state index is 12.3. The summed E-state index contributed by atoms with van der Waals surface area (Å²) in [5.41, 5.74) is -0.177. The number of carbonyl (C=O) groups excluding carboxylic acids is 1. The zero-order valence-corrected chi connectivity index (χ0v) is 19.2. The van der Waals surface area contributed by atoms with Crippen LogP contribution in [0.3, 0.4) is 0 Å². The molecule has 33 heavy (non-hydrogen) atoms. The van der Waals surface area contributed by atoms with E-state index < -0.39 is 27.9 Å². The molecule has 0 N–H and O–H groups in total. The van der Waals surface area contributed by atoms with Crippen molar-refractivity contribution in [1.29, 1.82) is 0 Å². The normalized spacial score (nSPS) is 11.6. The molecule has 3 aromatic carbocycles. The molecule has 1 aromatic heterocycles. The highest BCUT2D eigenvalue weighted by molar-refractivity contribution is 7.86. The van der Waals surface area contributed by atoms with Gasteiger partial charge in [-0.25, -0.2) is 13.2 Å². The number of halogens is 2. The zero-order valence-electron chi connectivity index (χ0n) is 17.5. The van der Waals surface area contributed by atoms with Gasteiger partial charge in [0.2, 0.25) is 0 Å². The smallest absolute Gasteiger partial charge is 0.367 e. The summed E-state index contributed by atoms with van der Waals surface area (Å²) in [6.07, 6.45) is 0. The largest absolute Gasteiger partial charge is 0.743 e. The summed E-state index contributed by atoms with van der Waals surface area (Å²) in [7, 11) is -5.75. The fourth-order valence-corrected chi connectivity index (χ4v) is 5.61. The van der Waals surface area contributed by atoms with Crippen LogP contribution in [0.4, 0.5) is 8.78 Å². The molecule has 0 unspecified atom stereocenters. The van der Waals surface area contributed by atoms with Gasteiger partial charge in [-0.05, 0) is 43.3 Å². The standard InChI is InChI=1S/C18H13S.C6H8F2O5S/c1-2-8-14(9-3-1)19-17-12-6-4-10-15(17)16-11-5-7-13-18(16)19;1-4(2)5(9)13-3-6(7,8)14(10,11)12/h1-13H;1,3H2,2H3,(H,10,11,12)/q+1;/p-1. The maximum Gasteiger partial charge on any atom is 0.367 e. The molecule has 5 nitrogen and oxygen atoms in total. The van der Waals surface area contributed by atoms with Gasteiger partial charge in [-0.3, -0.25) is 0 Å². The van der Waals surface area contributed by atoms with Gasteiger partial charge in [-0.1, -0.05) is 49.0 Å². The first-order valence-electron chi connectivity index (χ1n) is 9.66. The molecule has 0 spiro atoms. The molecule has 1 heterocycles. The number of fused-ring (bicyclic) bond motifs is 3. The number of ether oxygens (including phenoxy) is 1. The molecule has 0 saturated carbocycles. The Balaban J connectivity index is 0.000000197. The van der Waals surface area contributed by atoms with Gasteiger partial charge in [0, 0.05) is 26.8 Å². The Morgan fingerprint density at radius 1 is 0.939 bits per heavy atom. The molecular weight excluding hydrogens is 470 g/mol. The van der Waals surface area contributed by atoms with E-state index in [2.05, 4.69) is 90.2 Å². The third-order valence-electron chi connectivity index (χ3n) is 4.57. The first-order valence-corrected chi connectivity index (χ1v) is 12.3. The Hall–Kier alpha value is -3.14. The van der Waals surface area contributed by atoms with Gasteiger partial charge in [-0.2, -0.15) is 8.78 Å². The molecule has 4 aromatic rings. The predicted molar refractivity (Wildman–Crippen MR) is 126 cm³/mol. The summed E-state index contributed by atoms with van der Waals surface area (Å²) in [6.45, 7) is 2.46. The third-order valence-corrected chi connectivity index (χ3v) is 7.75. The minimum Gasteiger partial charge on any atom is -0.743 e. The molecule has 0 bridgehead atoms. The number of esters is 1. The molecule has 0 aliphatic heterocycles. The maximum absolute atomic E-state index is 12.3. The van der Waals surface area contributed by atoms with Crippen LogP contribution in [0.2, 0.25) is 0 Å². The van der Waals surface area contributed by atoms with E-state index in [-0.39, 0.29) is 16.0 Å². The van der Waals surface area contributed by atoms with Crippen molar-refractivity contribution < 1.29 is 31.3 Å². The highest BCUT2D eigenvalue weighted by Gasteiger charge is 2.39. The van der Waals surface area contributed by atoms with Gasteiger partial charge in [0.1, 0.15) is 0 Å². The lowest BCUT2D eigenvalue weighted by Gasteiger charge is -2.19. The van der Waals surface area contributed by atoms with E-state index >= 15 is 0 Å². The highest BCUT2D eigenvalue weighted by atomic mass is 32.2. The van der Waals surface area contributed by atoms with Crippen LogP contribution in [0.25, 0.3) is 25.1 Å². The molecule has 0 radical (unpaired) electrons. The fourth-order valence-electron chi connectivity index (χ4n) is 3.01. The van der Waals surface area contributed by atoms with Crippen molar-refractivity contribution in [2.45, 2.75) is 12.2 Å². The van der Waals surface area contributed by atoms with E-state index in [4.69, 9.17) is 0 Å². The Bertz CT molecular complexity index is 1360. The first-order chi connectivity index (χ1) is 15.5. The van der Waals surface area contributed by atoms with Gasteiger partial charge in [0.15, 0.2) is 31.0 Å². The SMILES string of the molecule is C=C(C)C(=O)OCC(F)(F)S(=O)(=O)[O-].c1ccc(-[s+]2c3ccccc3c3ccccc32)cc1. The summed E-state index contributed by atoms with van der Waals surface area (Å²) in [6, 6.07) is 28.4. The number of hydrogen-bond acceptors (Lipinski definition) is 5. The van der Waals surface area contributed by atoms with E-state index in [0.29, 0.717) is 0 Å². The summed E-state index contributed by atoms with van der Waals surface area (Å²) in [4.78, 5) is 12.0. The van der Waals surface area contributed by atoms with Crippen LogP contribution in [-0.4, -0.2) is 30.8 Å². The first kappa shape index (κ1) is 24.5. The number of thiophene rings is 1. The van der Waals surface area contributed by atoms with Crippen molar-refractivity contribution in [1.82, 2.24) is 0 Å². The van der Waals surface area contributed by atoms with Gasteiger partial charge in [-0.15, -0.1) is 0 Å². The Morgan fingerprint density at radius 3 is 1.85 bits per heavy atom. The number of hydrogen-bond donors (Lipinski definition) is 0. The van der Waals surface area contributed by atoms with Crippen LogP contribution in [0, 0.1) is 0 Å². The summed E-state index contributed by atoms with van der Waals surface area (Å²) in [5, 5.41) is -1.83. The average molecular weight is 491 g/mol. The van der Waals surface area contributed by atoms with Crippen LogP contribution in [-0.2, 0) is 19.6 Å². The summed E-state index contributed by atoms with van der Waals surface area (Å²) in [5.74, 6) is -1.19. The molecule has 0 saturated heterocycles. The van der Waals surface area contributed by atoms with Crippen molar-refractivity contribution in [2.24, 2.45) is 0 Å². The van der Waals surface area contributed by atoms with Gasteiger partial charge in [0.25, 0.3) is 0 Å². The molecule has 0 atom stereocenters. The molecular formula is C24H20F2O5S2. The Kier molecular flexibility index (Phi) is 7.26. The van der Waals surface area contributed by atoms with E-state index in [0.717, 1.165) is 0 Å². The average Bonchev–Trinajstić information content (AvgIpc) is 3.12. The second-order valence-corrected chi connectivity index (χ2v) is 10.5. The lowest BCUT2D eigenvalue weighted by Crippen LogP contribution is -2.34. The molecule has 0 amide bonds. The van der Waals surface area contributed by atoms with Crippen LogP contribution >= 0.6 is 10.5 Å². The molecule has 0 fully saturated rings. The van der Waals surface area contributed by atoms with Crippen LogP contribution in [0.1, 0.15) is 6.92 Å². The Morgan fingerprint density at radius 2 is 1.39 bits per heavy atom. The van der Waals surface area contributed by atoms with E-state index in [9.17, 15) is 26.5 Å². The monoisotopic (exact) mass is 490 g/mol. The quantitative estimate of drug-likeness (QED) is 0.149. The van der Waals surface area contributed by atoms with Crippen molar-refractivity contribution >= 4 is 46.7 Å². The number of benzene rings is 3. The number of carbonyl (C=O) groups is 1. The summed E-state index contributed by atoms with van der Waals surface area (Å²) >= 11 is 0. The minimum absolute atomic E-state index is 0.0594. The van der Waals surface area contributed by atoms with Crippen molar-refractivity contribution in [2.75, 3.05) is 6.61 Å². The number of alkyl halides is 2. The molecule has 0 aliphatic rings. The van der Waals surface area contributed by atoms with E-state index in [1.165, 1.54) is 32.0 Å². The topological polar surface area (TPSA) is 83.5 Å². The van der Waals surface area contributed by atoms with E-state index in [1.54, 1.807) is 0 Å². The van der Waals surface area contributed by atoms with Crippen LogP contribution in [0.5, 0.6) is 0 Å². The fraction of sp³-hybridized carbons (Fsp3) is 0.125. The molecule has 0 aliphatic carbocycles. The number of rotatable bonds is 5. The van der Waals surface area contributed by atoms with Crippen molar-refractivity contribution in [3.05, 3.63) is 91.0 Å². The molecule has 9 heteroatoms. The van der Waals surface area contributed by atoms with Crippen LogP contribution < -0.4 is 0 Å². The molecule has 172 valence electrons. The van der Waals surface area contributed by atoms with Gasteiger partial charge < -0.3 is 9.29 Å². The highest BCUT2D eigenvalue weighted by Crippen LogP contribution is 2.47. The third kappa shape index (κ3) is 5.44. The van der Waals surface area contributed by atoms with Crippen molar-refractivity contribution in [3.8, 4) is 4.90 Å². The lowest BCUT2D eigenvalue weighted by atomic mass is 10.2. The predicted octanol–water partition coefficient (Wildman–Crippen LogP) is 5.98. The Labute approximate surface area is 192 Å². The minimum atomic E-state index is -5.81. The summed E-state index contributed by atoms with van der Waals surface area (Å²) < 4.78 is 61.2. The van der Waals surface area contributed by atoms with Gasteiger partial charge in [0.05, 0.1) is 0 Å². The zero-order chi connectivity index (χ0) is 24.2. The van der Waals surface area contributed by atoms with Gasteiger partial charge >= 0.3 is 11.2 Å².